The molecule has 7 nitrogen and oxygen atoms in total. The van der Waals surface area contributed by atoms with Gasteiger partial charge in [0.05, 0.1) is 33.5 Å². The first-order chi connectivity index (χ1) is 15.4. The molecular formula is C22H23ClN4O3S2. The standard InChI is InChI=1S/C22H23ClN4O3S2/c1-13-9-27(10-14(2)30-13)11-16-12-32-22(24-16)26-20(28)15-5-6-17(23)18(8-15)25-21(29)19-4-3-7-31-19/h3-8,12-14H,9-11H2,1-2H3,(H,25,29)(H,24,26,28). The topological polar surface area (TPSA) is 83.6 Å². The minimum Gasteiger partial charge on any atom is -0.373 e. The number of hydrogen-bond acceptors (Lipinski definition) is 7. The van der Waals surface area contributed by atoms with Crippen molar-refractivity contribution >= 4 is 56.9 Å². The first-order valence-electron chi connectivity index (χ1n) is 10.2. The lowest BCUT2D eigenvalue weighted by Crippen LogP contribution is -2.44. The number of thiophene rings is 1. The largest absolute Gasteiger partial charge is 0.373 e. The van der Waals surface area contributed by atoms with E-state index in [9.17, 15) is 9.59 Å². The van der Waals surface area contributed by atoms with Crippen LogP contribution in [0.25, 0.3) is 0 Å². The SMILES string of the molecule is CC1CN(Cc2csc(NC(=O)c3ccc(Cl)c(NC(=O)c4cccs4)c3)n2)CC(C)O1. The van der Waals surface area contributed by atoms with Crippen molar-refractivity contribution in [3.05, 3.63) is 62.2 Å². The van der Waals surface area contributed by atoms with Crippen LogP contribution < -0.4 is 10.6 Å². The Morgan fingerprint density at radius 2 is 1.94 bits per heavy atom. The number of carbonyl (C=O) groups is 2. The van der Waals surface area contributed by atoms with Crippen LogP contribution in [-0.2, 0) is 11.3 Å². The lowest BCUT2D eigenvalue weighted by molar-refractivity contribution is -0.0707. The Bertz CT molecular complexity index is 1090. The molecule has 3 heterocycles. The molecule has 2 amide bonds. The molecule has 3 aromatic rings. The summed E-state index contributed by atoms with van der Waals surface area (Å²) in [6.45, 7) is 6.56. The highest BCUT2D eigenvalue weighted by atomic mass is 35.5. The van der Waals surface area contributed by atoms with E-state index in [1.807, 2.05) is 10.8 Å². The van der Waals surface area contributed by atoms with Crippen molar-refractivity contribution in [3.63, 3.8) is 0 Å². The summed E-state index contributed by atoms with van der Waals surface area (Å²) in [5.74, 6) is -0.585. The van der Waals surface area contributed by atoms with E-state index in [-0.39, 0.29) is 24.0 Å². The predicted molar refractivity (Wildman–Crippen MR) is 129 cm³/mol. The number of rotatable bonds is 6. The molecule has 1 saturated heterocycles. The van der Waals surface area contributed by atoms with Crippen LogP contribution >= 0.6 is 34.3 Å². The van der Waals surface area contributed by atoms with E-state index < -0.39 is 0 Å². The Morgan fingerprint density at radius 3 is 2.66 bits per heavy atom. The van der Waals surface area contributed by atoms with Gasteiger partial charge in [0.25, 0.3) is 11.8 Å². The smallest absolute Gasteiger partial charge is 0.265 e. The molecule has 2 N–H and O–H groups in total. The molecule has 0 radical (unpaired) electrons. The molecule has 32 heavy (non-hydrogen) atoms. The van der Waals surface area contributed by atoms with Crippen molar-refractivity contribution in [3.8, 4) is 0 Å². The molecule has 1 aliphatic heterocycles. The number of anilines is 2. The van der Waals surface area contributed by atoms with E-state index in [1.165, 1.54) is 22.7 Å². The summed E-state index contributed by atoms with van der Waals surface area (Å²) in [4.78, 5) is 32.5. The van der Waals surface area contributed by atoms with Gasteiger partial charge >= 0.3 is 0 Å². The number of benzene rings is 1. The number of hydrogen-bond donors (Lipinski definition) is 2. The minimum atomic E-state index is -0.317. The van der Waals surface area contributed by atoms with E-state index in [4.69, 9.17) is 16.3 Å². The summed E-state index contributed by atoms with van der Waals surface area (Å²) in [7, 11) is 0. The third kappa shape index (κ3) is 5.73. The molecule has 2 unspecified atom stereocenters. The molecule has 2 atom stereocenters. The van der Waals surface area contributed by atoms with Gasteiger partial charge in [0.15, 0.2) is 5.13 Å². The Hall–Kier alpha value is -2.30. The van der Waals surface area contributed by atoms with Gasteiger partial charge in [0, 0.05) is 30.6 Å². The molecule has 0 bridgehead atoms. The highest BCUT2D eigenvalue weighted by Gasteiger charge is 2.23. The first-order valence-corrected chi connectivity index (χ1v) is 12.3. The highest BCUT2D eigenvalue weighted by Crippen LogP contribution is 2.26. The molecule has 0 saturated carbocycles. The second-order valence-electron chi connectivity index (χ2n) is 7.68. The molecule has 10 heteroatoms. The van der Waals surface area contributed by atoms with Gasteiger partial charge in [0.2, 0.25) is 0 Å². The van der Waals surface area contributed by atoms with Crippen molar-refractivity contribution in [2.45, 2.75) is 32.6 Å². The van der Waals surface area contributed by atoms with E-state index in [1.54, 1.807) is 30.3 Å². The van der Waals surface area contributed by atoms with Gasteiger partial charge < -0.3 is 10.1 Å². The maximum atomic E-state index is 12.8. The Labute approximate surface area is 199 Å². The maximum absolute atomic E-state index is 12.8. The lowest BCUT2D eigenvalue weighted by Gasteiger charge is -2.34. The Kier molecular flexibility index (Phi) is 7.22. The minimum absolute atomic E-state index is 0.191. The molecule has 1 fully saturated rings. The molecular weight excluding hydrogens is 468 g/mol. The summed E-state index contributed by atoms with van der Waals surface area (Å²) in [6.07, 6.45) is 0.381. The van der Waals surface area contributed by atoms with Crippen LogP contribution in [0, 0.1) is 0 Å². The van der Waals surface area contributed by atoms with Gasteiger partial charge in [-0.3, -0.25) is 19.8 Å². The van der Waals surface area contributed by atoms with Crippen LogP contribution in [0.15, 0.2) is 41.1 Å². The number of thiazole rings is 1. The normalized spacial score (nSPS) is 19.0. The van der Waals surface area contributed by atoms with Crippen molar-refractivity contribution in [2.75, 3.05) is 23.7 Å². The first kappa shape index (κ1) is 22.9. The quantitative estimate of drug-likeness (QED) is 0.509. The van der Waals surface area contributed by atoms with Crippen molar-refractivity contribution < 1.29 is 14.3 Å². The number of nitrogens with zero attached hydrogens (tertiary/aromatic N) is 2. The van der Waals surface area contributed by atoms with Crippen LogP contribution in [0.2, 0.25) is 5.02 Å². The monoisotopic (exact) mass is 490 g/mol. The maximum Gasteiger partial charge on any atom is 0.265 e. The zero-order valence-electron chi connectivity index (χ0n) is 17.6. The summed E-state index contributed by atoms with van der Waals surface area (Å²) in [5, 5.41) is 10.3. The molecule has 0 spiro atoms. The lowest BCUT2D eigenvalue weighted by atomic mass is 10.2. The van der Waals surface area contributed by atoms with Gasteiger partial charge in [-0.25, -0.2) is 4.98 Å². The fraction of sp³-hybridized carbons (Fsp3) is 0.318. The molecule has 4 rings (SSSR count). The third-order valence-corrected chi connectivity index (χ3v) is 6.88. The summed E-state index contributed by atoms with van der Waals surface area (Å²) >= 11 is 8.93. The van der Waals surface area contributed by atoms with Crippen LogP contribution in [0.4, 0.5) is 10.8 Å². The molecule has 1 aromatic carbocycles. The predicted octanol–water partition coefficient (Wildman–Crippen LogP) is 4.97. The van der Waals surface area contributed by atoms with Crippen molar-refractivity contribution in [1.82, 2.24) is 9.88 Å². The summed E-state index contributed by atoms with van der Waals surface area (Å²) < 4.78 is 5.77. The molecule has 0 aliphatic carbocycles. The van der Waals surface area contributed by atoms with Crippen LogP contribution in [0.3, 0.4) is 0 Å². The highest BCUT2D eigenvalue weighted by molar-refractivity contribution is 7.14. The average Bonchev–Trinajstić information content (AvgIpc) is 3.41. The van der Waals surface area contributed by atoms with Gasteiger partial charge in [-0.2, -0.15) is 0 Å². The average molecular weight is 491 g/mol. The van der Waals surface area contributed by atoms with Crippen LogP contribution in [0.1, 0.15) is 39.6 Å². The number of aromatic nitrogens is 1. The number of carbonyl (C=O) groups excluding carboxylic acids is 2. The summed E-state index contributed by atoms with van der Waals surface area (Å²) in [6, 6.07) is 8.29. The number of ether oxygens (including phenoxy) is 1. The fourth-order valence-electron chi connectivity index (χ4n) is 3.60. The summed E-state index contributed by atoms with van der Waals surface area (Å²) in [5.41, 5.74) is 1.67. The van der Waals surface area contributed by atoms with E-state index >= 15 is 0 Å². The fourth-order valence-corrected chi connectivity index (χ4v) is 5.08. The second-order valence-corrected chi connectivity index (χ2v) is 9.89. The number of amides is 2. The Balaban J connectivity index is 1.39. The number of morpholine rings is 1. The zero-order valence-corrected chi connectivity index (χ0v) is 20.0. The van der Waals surface area contributed by atoms with E-state index in [0.29, 0.717) is 32.8 Å². The van der Waals surface area contributed by atoms with E-state index in [0.717, 1.165) is 18.8 Å². The van der Waals surface area contributed by atoms with Crippen LogP contribution in [-0.4, -0.2) is 47.0 Å². The number of nitrogens with one attached hydrogen (secondary N) is 2. The zero-order chi connectivity index (χ0) is 22.7. The van der Waals surface area contributed by atoms with Crippen molar-refractivity contribution in [1.29, 1.82) is 0 Å². The molecule has 2 aromatic heterocycles. The molecule has 168 valence electrons. The Morgan fingerprint density at radius 1 is 1.16 bits per heavy atom. The third-order valence-electron chi connectivity index (χ3n) is 4.87. The van der Waals surface area contributed by atoms with Crippen molar-refractivity contribution in [2.24, 2.45) is 0 Å². The van der Waals surface area contributed by atoms with E-state index in [2.05, 4.69) is 34.4 Å². The molecule has 1 aliphatic rings. The van der Waals surface area contributed by atoms with Crippen LogP contribution in [0.5, 0.6) is 0 Å². The second kappa shape index (κ2) is 10.1. The number of halogens is 1. The van der Waals surface area contributed by atoms with Gasteiger partial charge in [-0.15, -0.1) is 22.7 Å². The van der Waals surface area contributed by atoms with Gasteiger partial charge in [-0.1, -0.05) is 17.7 Å². The van der Waals surface area contributed by atoms with Gasteiger partial charge in [0.1, 0.15) is 0 Å². The van der Waals surface area contributed by atoms with Gasteiger partial charge in [-0.05, 0) is 43.5 Å².